The Morgan fingerprint density at radius 3 is 3.25 bits per heavy atom. The number of aromatic amines is 1. The predicted molar refractivity (Wildman–Crippen MR) is 45.4 cm³/mol. The highest BCUT2D eigenvalue weighted by atomic mass is 16.1. The lowest BCUT2D eigenvalue weighted by atomic mass is 10.4. The van der Waals surface area contributed by atoms with Crippen LogP contribution in [0.3, 0.4) is 0 Å². The summed E-state index contributed by atoms with van der Waals surface area (Å²) in [6, 6.07) is 0. The number of nitrogens with one attached hydrogen (secondary N) is 2. The number of anilines is 1. The van der Waals surface area contributed by atoms with Crippen LogP contribution in [-0.2, 0) is 4.79 Å². The Morgan fingerprint density at radius 2 is 2.67 bits per heavy atom. The zero-order chi connectivity index (χ0) is 8.81. The zero-order valence-electron chi connectivity index (χ0n) is 6.45. The van der Waals surface area contributed by atoms with Crippen LogP contribution in [-0.4, -0.2) is 22.6 Å². The summed E-state index contributed by atoms with van der Waals surface area (Å²) < 4.78 is 0. The van der Waals surface area contributed by atoms with Crippen LogP contribution in [0.1, 0.15) is 0 Å². The Morgan fingerprint density at radius 1 is 1.83 bits per heavy atom. The van der Waals surface area contributed by atoms with E-state index in [0.717, 1.165) is 0 Å². The molecule has 1 aromatic rings. The Hall–Kier alpha value is -1.62. The molecule has 1 rings (SSSR count). The van der Waals surface area contributed by atoms with Crippen LogP contribution in [0.25, 0.3) is 0 Å². The van der Waals surface area contributed by atoms with Gasteiger partial charge < -0.3 is 11.1 Å². The normalized spacial score (nSPS) is 10.4. The van der Waals surface area contributed by atoms with E-state index in [1.807, 2.05) is 0 Å². The van der Waals surface area contributed by atoms with Crippen LogP contribution in [0, 0.1) is 0 Å². The topological polar surface area (TPSA) is 83.8 Å². The van der Waals surface area contributed by atoms with Gasteiger partial charge in [0.05, 0.1) is 11.9 Å². The molecule has 0 saturated carbocycles. The number of carbonyl (C=O) groups excluding carboxylic acids is 1. The quantitative estimate of drug-likeness (QED) is 0.546. The molecule has 64 valence electrons. The average molecular weight is 166 g/mol. The molecule has 1 heterocycles. The van der Waals surface area contributed by atoms with Crippen LogP contribution >= 0.6 is 0 Å². The fourth-order valence-electron chi connectivity index (χ4n) is 0.678. The summed E-state index contributed by atoms with van der Waals surface area (Å²) >= 11 is 0. The van der Waals surface area contributed by atoms with E-state index in [9.17, 15) is 4.79 Å². The average Bonchev–Trinajstić information content (AvgIpc) is 2.53. The third-order valence-electron chi connectivity index (χ3n) is 1.17. The van der Waals surface area contributed by atoms with E-state index in [1.165, 1.54) is 12.3 Å². The molecule has 0 spiro atoms. The van der Waals surface area contributed by atoms with Gasteiger partial charge in [0.1, 0.15) is 0 Å². The van der Waals surface area contributed by atoms with Crippen molar-refractivity contribution in [1.29, 1.82) is 0 Å². The van der Waals surface area contributed by atoms with Crippen molar-refractivity contribution in [3.63, 3.8) is 0 Å². The number of aromatic nitrogens is 2. The highest BCUT2D eigenvalue weighted by Gasteiger charge is 1.96. The summed E-state index contributed by atoms with van der Waals surface area (Å²) in [5.74, 6) is -0.207. The van der Waals surface area contributed by atoms with Crippen molar-refractivity contribution in [1.82, 2.24) is 10.2 Å². The number of rotatable bonds is 3. The number of H-pyrrole nitrogens is 1. The molecule has 0 aliphatic heterocycles. The Bertz CT molecular complexity index is 265. The van der Waals surface area contributed by atoms with Crippen molar-refractivity contribution in [2.75, 3.05) is 11.9 Å². The fourth-order valence-corrected chi connectivity index (χ4v) is 0.678. The van der Waals surface area contributed by atoms with E-state index < -0.39 is 0 Å². The van der Waals surface area contributed by atoms with E-state index in [0.29, 0.717) is 12.2 Å². The molecule has 0 bridgehead atoms. The van der Waals surface area contributed by atoms with Gasteiger partial charge in [-0.25, -0.2) is 0 Å². The van der Waals surface area contributed by atoms with Gasteiger partial charge in [0.25, 0.3) is 0 Å². The predicted octanol–water partition coefficient (Wildman–Crippen LogP) is -0.137. The minimum Gasteiger partial charge on any atom is -0.327 e. The van der Waals surface area contributed by atoms with Crippen LogP contribution < -0.4 is 11.1 Å². The maximum atomic E-state index is 11.0. The van der Waals surface area contributed by atoms with Crippen LogP contribution in [0.2, 0.25) is 0 Å². The zero-order valence-corrected chi connectivity index (χ0v) is 6.45. The minimum atomic E-state index is -0.207. The minimum absolute atomic E-state index is 0.207. The van der Waals surface area contributed by atoms with Gasteiger partial charge in [-0.3, -0.25) is 9.89 Å². The molecular formula is C7H10N4O. The third kappa shape index (κ3) is 2.55. The molecule has 0 aliphatic rings. The Labute approximate surface area is 69.7 Å². The number of carbonyl (C=O) groups is 1. The molecule has 12 heavy (non-hydrogen) atoms. The van der Waals surface area contributed by atoms with Crippen molar-refractivity contribution in [2.24, 2.45) is 5.73 Å². The van der Waals surface area contributed by atoms with E-state index in [-0.39, 0.29) is 5.91 Å². The lowest BCUT2D eigenvalue weighted by molar-refractivity contribution is -0.111. The van der Waals surface area contributed by atoms with Crippen LogP contribution in [0.4, 0.5) is 5.69 Å². The third-order valence-corrected chi connectivity index (χ3v) is 1.17. The summed E-state index contributed by atoms with van der Waals surface area (Å²) in [6.07, 6.45) is 6.07. The monoisotopic (exact) mass is 166 g/mol. The van der Waals surface area contributed by atoms with E-state index in [1.54, 1.807) is 12.3 Å². The molecule has 1 amide bonds. The standard InChI is InChI=1S/C7H10N4O/c8-3-1-2-7(12)11-6-4-9-10-5-6/h1-2,4-5H,3,8H2,(H,9,10)(H,11,12)/b2-1+. The first-order valence-electron chi connectivity index (χ1n) is 3.49. The highest BCUT2D eigenvalue weighted by Crippen LogP contribution is 1.99. The van der Waals surface area contributed by atoms with E-state index in [2.05, 4.69) is 15.5 Å². The summed E-state index contributed by atoms with van der Waals surface area (Å²) in [4.78, 5) is 11.0. The van der Waals surface area contributed by atoms with Crippen LogP contribution in [0.5, 0.6) is 0 Å². The maximum Gasteiger partial charge on any atom is 0.248 e. The molecule has 0 radical (unpaired) electrons. The number of amides is 1. The number of hydrogen-bond donors (Lipinski definition) is 3. The van der Waals surface area contributed by atoms with Crippen molar-refractivity contribution < 1.29 is 4.79 Å². The van der Waals surface area contributed by atoms with Gasteiger partial charge in [-0.15, -0.1) is 0 Å². The second-order valence-electron chi connectivity index (χ2n) is 2.11. The molecule has 5 nitrogen and oxygen atoms in total. The van der Waals surface area contributed by atoms with E-state index in [4.69, 9.17) is 5.73 Å². The van der Waals surface area contributed by atoms with Gasteiger partial charge in [-0.05, 0) is 0 Å². The van der Waals surface area contributed by atoms with Crippen molar-refractivity contribution in [3.8, 4) is 0 Å². The van der Waals surface area contributed by atoms with Crippen LogP contribution in [0.15, 0.2) is 24.5 Å². The summed E-state index contributed by atoms with van der Waals surface area (Å²) in [5, 5.41) is 8.83. The Balaban J connectivity index is 2.42. The first kappa shape index (κ1) is 8.48. The molecule has 5 heteroatoms. The largest absolute Gasteiger partial charge is 0.327 e. The summed E-state index contributed by atoms with van der Waals surface area (Å²) in [7, 11) is 0. The number of hydrogen-bond acceptors (Lipinski definition) is 3. The maximum absolute atomic E-state index is 11.0. The smallest absolute Gasteiger partial charge is 0.248 e. The highest BCUT2D eigenvalue weighted by molar-refractivity contribution is 5.99. The van der Waals surface area contributed by atoms with Gasteiger partial charge in [0.15, 0.2) is 0 Å². The first-order valence-corrected chi connectivity index (χ1v) is 3.49. The fraction of sp³-hybridized carbons (Fsp3) is 0.143. The van der Waals surface area contributed by atoms with Gasteiger partial charge in [0, 0.05) is 18.8 Å². The molecule has 0 aromatic carbocycles. The van der Waals surface area contributed by atoms with Gasteiger partial charge in [-0.2, -0.15) is 5.10 Å². The SMILES string of the molecule is NC/C=C/C(=O)Nc1cn[nH]c1. The second-order valence-corrected chi connectivity index (χ2v) is 2.11. The van der Waals surface area contributed by atoms with Gasteiger partial charge in [-0.1, -0.05) is 6.08 Å². The second kappa shape index (κ2) is 4.30. The molecule has 0 fully saturated rings. The molecule has 0 aliphatic carbocycles. The van der Waals surface area contributed by atoms with Crippen molar-refractivity contribution in [2.45, 2.75) is 0 Å². The molecule has 0 unspecified atom stereocenters. The number of nitrogens with two attached hydrogens (primary N) is 1. The lowest BCUT2D eigenvalue weighted by Crippen LogP contribution is -2.07. The lowest BCUT2D eigenvalue weighted by Gasteiger charge is -1.94. The number of nitrogens with zero attached hydrogens (tertiary/aromatic N) is 1. The molecule has 0 atom stereocenters. The first-order chi connectivity index (χ1) is 5.83. The molecule has 0 saturated heterocycles. The molecule has 4 N–H and O–H groups in total. The van der Waals surface area contributed by atoms with Gasteiger partial charge >= 0.3 is 0 Å². The summed E-state index contributed by atoms with van der Waals surface area (Å²) in [5.41, 5.74) is 5.81. The molecular weight excluding hydrogens is 156 g/mol. The van der Waals surface area contributed by atoms with Gasteiger partial charge in [0.2, 0.25) is 5.91 Å². The summed E-state index contributed by atoms with van der Waals surface area (Å²) in [6.45, 7) is 0.360. The van der Waals surface area contributed by atoms with Crippen molar-refractivity contribution in [3.05, 3.63) is 24.5 Å². The Kier molecular flexibility index (Phi) is 3.04. The molecule has 1 aromatic heterocycles. The van der Waals surface area contributed by atoms with Crippen molar-refractivity contribution >= 4 is 11.6 Å². The van der Waals surface area contributed by atoms with E-state index >= 15 is 0 Å².